The monoisotopic (exact) mass is 483 g/mol. The summed E-state index contributed by atoms with van der Waals surface area (Å²) >= 11 is 0. The number of carbonyl (C=O) groups is 2. The first-order valence-corrected chi connectivity index (χ1v) is 10.9. The van der Waals surface area contributed by atoms with Gasteiger partial charge in [-0.1, -0.05) is 17.3 Å². The van der Waals surface area contributed by atoms with Gasteiger partial charge in [-0.3, -0.25) is 9.59 Å². The Morgan fingerprint density at radius 1 is 1.21 bits per heavy atom. The van der Waals surface area contributed by atoms with E-state index in [1.165, 1.54) is 29.2 Å². The van der Waals surface area contributed by atoms with Crippen LogP contribution in [-0.2, 0) is 27.4 Å². The number of hydrogen-bond donors (Lipinski definition) is 0. The molecule has 0 bridgehead atoms. The van der Waals surface area contributed by atoms with E-state index < -0.39 is 12.5 Å². The number of aromatic nitrogens is 1. The minimum Gasteiger partial charge on any atom is -0.406 e. The molecule has 1 aliphatic rings. The predicted molar refractivity (Wildman–Crippen MR) is 115 cm³/mol. The highest BCUT2D eigenvalue weighted by atomic mass is 19.4. The van der Waals surface area contributed by atoms with Gasteiger partial charge in [-0.2, -0.15) is 0 Å². The van der Waals surface area contributed by atoms with Crippen LogP contribution in [0.3, 0.4) is 0 Å². The molecule has 1 fully saturated rings. The summed E-state index contributed by atoms with van der Waals surface area (Å²) in [6.45, 7) is 7.78. The summed E-state index contributed by atoms with van der Waals surface area (Å²) in [6, 6.07) is 5.29. The van der Waals surface area contributed by atoms with Gasteiger partial charge in [0.15, 0.2) is 0 Å². The fourth-order valence-corrected chi connectivity index (χ4v) is 3.76. The molecule has 0 aliphatic carbocycles. The molecule has 1 saturated heterocycles. The molecule has 0 spiro atoms. The number of alkyl halides is 3. The van der Waals surface area contributed by atoms with Crippen molar-refractivity contribution >= 4 is 11.8 Å². The largest absolute Gasteiger partial charge is 0.573 e. The maximum absolute atomic E-state index is 13.0. The van der Waals surface area contributed by atoms with Gasteiger partial charge in [0.05, 0.1) is 31.4 Å². The Bertz CT molecular complexity index is 985. The second kappa shape index (κ2) is 10.5. The quantitative estimate of drug-likeness (QED) is 0.600. The van der Waals surface area contributed by atoms with Crippen molar-refractivity contribution in [1.82, 2.24) is 15.0 Å². The number of nitrogens with zero attached hydrogens (tertiary/aromatic N) is 3. The molecule has 1 atom stereocenters. The van der Waals surface area contributed by atoms with Crippen molar-refractivity contribution < 1.29 is 36.8 Å². The van der Waals surface area contributed by atoms with Crippen LogP contribution in [0.5, 0.6) is 5.75 Å². The van der Waals surface area contributed by atoms with Crippen molar-refractivity contribution in [3.8, 4) is 5.75 Å². The molecular weight excluding hydrogens is 455 g/mol. The van der Waals surface area contributed by atoms with Crippen molar-refractivity contribution in [2.75, 3.05) is 19.6 Å². The normalized spacial score (nSPS) is 17.3. The number of ether oxygens (including phenoxy) is 2. The summed E-state index contributed by atoms with van der Waals surface area (Å²) < 4.78 is 52.1. The topological polar surface area (TPSA) is 85.1 Å². The standard InChI is InChI=1S/C23H28F3N3O5/c1-14(2)29-11-19(32-13-17-5-7-18(8-6-17)33-23(24,25)26)10-28(12-22(29)31)21(30)9-20-15(3)27-34-16(20)4/h5-8,14,19H,9-13H2,1-4H3/t19-/m0/s1. The molecule has 3 rings (SSSR count). The SMILES string of the molecule is Cc1noc(C)c1CC(=O)N1CC(=O)N(C(C)C)C[C@@H](OCc2ccc(OC(F)(F)F)cc2)C1. The van der Waals surface area contributed by atoms with Crippen molar-refractivity contribution in [1.29, 1.82) is 0 Å². The second-order valence-electron chi connectivity index (χ2n) is 8.52. The van der Waals surface area contributed by atoms with Gasteiger partial charge in [0.2, 0.25) is 11.8 Å². The summed E-state index contributed by atoms with van der Waals surface area (Å²) in [5.41, 5.74) is 1.96. The molecule has 2 heterocycles. The van der Waals surface area contributed by atoms with E-state index in [0.29, 0.717) is 29.1 Å². The third kappa shape index (κ3) is 6.72. The minimum atomic E-state index is -4.76. The summed E-state index contributed by atoms with van der Waals surface area (Å²) in [5.74, 6) is -0.183. The van der Waals surface area contributed by atoms with Gasteiger partial charge in [0.25, 0.3) is 0 Å². The van der Waals surface area contributed by atoms with E-state index in [9.17, 15) is 22.8 Å². The smallest absolute Gasteiger partial charge is 0.406 e. The Balaban J connectivity index is 1.69. The van der Waals surface area contributed by atoms with E-state index in [2.05, 4.69) is 9.89 Å². The molecule has 8 nitrogen and oxygen atoms in total. The highest BCUT2D eigenvalue weighted by Gasteiger charge is 2.33. The molecule has 0 unspecified atom stereocenters. The zero-order valence-electron chi connectivity index (χ0n) is 19.5. The van der Waals surface area contributed by atoms with Gasteiger partial charge in [-0.25, -0.2) is 0 Å². The molecule has 186 valence electrons. The highest BCUT2D eigenvalue weighted by molar-refractivity contribution is 5.86. The molecule has 0 radical (unpaired) electrons. The molecule has 1 aliphatic heterocycles. The van der Waals surface area contributed by atoms with Crippen LogP contribution in [0.2, 0.25) is 0 Å². The first-order chi connectivity index (χ1) is 15.9. The lowest BCUT2D eigenvalue weighted by atomic mass is 10.1. The highest BCUT2D eigenvalue weighted by Crippen LogP contribution is 2.23. The third-order valence-corrected chi connectivity index (χ3v) is 5.60. The van der Waals surface area contributed by atoms with E-state index in [1.807, 2.05) is 13.8 Å². The third-order valence-electron chi connectivity index (χ3n) is 5.60. The first kappa shape index (κ1) is 25.5. The first-order valence-electron chi connectivity index (χ1n) is 10.9. The molecule has 2 aromatic rings. The Morgan fingerprint density at radius 2 is 1.88 bits per heavy atom. The van der Waals surface area contributed by atoms with Crippen molar-refractivity contribution in [2.45, 2.75) is 59.2 Å². The lowest BCUT2D eigenvalue weighted by Gasteiger charge is -2.27. The minimum absolute atomic E-state index is 0.0590. The Labute approximate surface area is 195 Å². The molecular formula is C23H28F3N3O5. The van der Waals surface area contributed by atoms with Crippen molar-refractivity contribution in [3.05, 3.63) is 46.8 Å². The van der Waals surface area contributed by atoms with Crippen LogP contribution < -0.4 is 4.74 Å². The Hall–Kier alpha value is -3.08. The fraction of sp³-hybridized carbons (Fsp3) is 0.522. The van der Waals surface area contributed by atoms with Crippen LogP contribution >= 0.6 is 0 Å². The molecule has 11 heteroatoms. The van der Waals surface area contributed by atoms with Gasteiger partial charge in [0, 0.05) is 24.7 Å². The van der Waals surface area contributed by atoms with Crippen LogP contribution in [0.4, 0.5) is 13.2 Å². The number of rotatable bonds is 7. The Morgan fingerprint density at radius 3 is 2.44 bits per heavy atom. The van der Waals surface area contributed by atoms with E-state index in [-0.39, 0.29) is 49.7 Å². The number of aryl methyl sites for hydroxylation is 2. The summed E-state index contributed by atoms with van der Waals surface area (Å²) in [5, 5.41) is 3.87. The average Bonchev–Trinajstić information content (AvgIpc) is 2.95. The predicted octanol–water partition coefficient (Wildman–Crippen LogP) is 3.40. The molecule has 34 heavy (non-hydrogen) atoms. The van der Waals surface area contributed by atoms with E-state index in [0.717, 1.165) is 0 Å². The number of benzene rings is 1. The van der Waals surface area contributed by atoms with Crippen LogP contribution in [-0.4, -0.2) is 64.9 Å². The van der Waals surface area contributed by atoms with Gasteiger partial charge >= 0.3 is 6.36 Å². The van der Waals surface area contributed by atoms with E-state index >= 15 is 0 Å². The van der Waals surface area contributed by atoms with Crippen LogP contribution in [0.1, 0.15) is 36.4 Å². The maximum Gasteiger partial charge on any atom is 0.573 e. The fourth-order valence-electron chi connectivity index (χ4n) is 3.76. The van der Waals surface area contributed by atoms with Crippen molar-refractivity contribution in [3.63, 3.8) is 0 Å². The summed E-state index contributed by atoms with van der Waals surface area (Å²) in [4.78, 5) is 29.0. The van der Waals surface area contributed by atoms with Gasteiger partial charge in [0.1, 0.15) is 11.5 Å². The average molecular weight is 483 g/mol. The van der Waals surface area contributed by atoms with E-state index in [4.69, 9.17) is 9.26 Å². The number of amides is 2. The van der Waals surface area contributed by atoms with E-state index in [1.54, 1.807) is 18.7 Å². The lowest BCUT2D eigenvalue weighted by Crippen LogP contribution is -2.42. The summed E-state index contributed by atoms with van der Waals surface area (Å²) in [6.07, 6.45) is -5.18. The maximum atomic E-state index is 13.0. The summed E-state index contributed by atoms with van der Waals surface area (Å²) in [7, 11) is 0. The van der Waals surface area contributed by atoms with Gasteiger partial charge in [-0.15, -0.1) is 13.2 Å². The molecule has 0 saturated carbocycles. The van der Waals surface area contributed by atoms with Gasteiger partial charge < -0.3 is 23.8 Å². The second-order valence-corrected chi connectivity index (χ2v) is 8.52. The number of hydrogen-bond acceptors (Lipinski definition) is 6. The van der Waals surface area contributed by atoms with Crippen LogP contribution in [0, 0.1) is 13.8 Å². The molecule has 1 aromatic heterocycles. The molecule has 1 aromatic carbocycles. The molecule has 2 amide bonds. The van der Waals surface area contributed by atoms with Crippen molar-refractivity contribution in [2.24, 2.45) is 0 Å². The Kier molecular flexibility index (Phi) is 7.86. The molecule has 0 N–H and O–H groups in total. The zero-order valence-corrected chi connectivity index (χ0v) is 19.5. The van der Waals surface area contributed by atoms with Crippen LogP contribution in [0.25, 0.3) is 0 Å². The zero-order chi connectivity index (χ0) is 25.0. The van der Waals surface area contributed by atoms with Gasteiger partial charge in [-0.05, 0) is 45.4 Å². The lowest BCUT2D eigenvalue weighted by molar-refractivity contribution is -0.274. The number of halogens is 3. The van der Waals surface area contributed by atoms with Crippen LogP contribution in [0.15, 0.2) is 28.8 Å². The number of carbonyl (C=O) groups excluding carboxylic acids is 2.